The highest BCUT2D eigenvalue weighted by molar-refractivity contribution is 9.11. The Morgan fingerprint density at radius 1 is 0.452 bits per heavy atom. The number of hydrogen-bond acceptors (Lipinski definition) is 10. The normalized spacial score (nSPS) is 12.2. The first-order valence-electron chi connectivity index (χ1n) is 17.5. The van der Waals surface area contributed by atoms with Gasteiger partial charge < -0.3 is 27.7 Å². The Kier molecular flexibility index (Phi) is 11.8. The fraction of sp³-hybridized carbons (Fsp3) is 0.150. The lowest BCUT2D eigenvalue weighted by Gasteiger charge is -2.14. The summed E-state index contributed by atoms with van der Waals surface area (Å²) in [6, 6.07) is 9.99. The molecule has 0 saturated carbocycles. The summed E-state index contributed by atoms with van der Waals surface area (Å²) in [7, 11) is -1.88. The number of alkyl halides is 9. The molecule has 2 N–H and O–H groups in total. The van der Waals surface area contributed by atoms with E-state index in [2.05, 4.69) is 51.8 Å². The molecule has 4 heterocycles. The zero-order chi connectivity index (χ0) is 45.1. The topological polar surface area (TPSA) is 145 Å². The molecule has 10 nitrogen and oxygen atoms in total. The standard InChI is InChI=1S/C24H14F6N2O2.C8H8BF3O2.C8H2Br2N2O2/c1-11-3-13(7-15(5-11)23(25,26)27)17-19-22(34-9-31-19)18(20-21(17)33-10-32-20)14-4-12(2)6-16(8-14)24(28,29)30;1-5-2-6(8(10,11)12)4-7(3-5)9(13)14;9-3-5-7(13-1-11-5)4(10)6-8(3)14-2-12-6/h3-10H,1-2H3;2-4,13-14H,1H3;1-2H. The summed E-state index contributed by atoms with van der Waals surface area (Å²) < 4.78 is 141. The molecule has 0 bridgehead atoms. The van der Waals surface area contributed by atoms with Gasteiger partial charge in [-0.05, 0) is 111 Å². The first-order valence-corrected chi connectivity index (χ1v) is 19.1. The van der Waals surface area contributed by atoms with Gasteiger partial charge in [0.15, 0.2) is 47.9 Å². The van der Waals surface area contributed by atoms with Gasteiger partial charge >= 0.3 is 25.6 Å². The minimum Gasteiger partial charge on any atom is -0.443 e. The van der Waals surface area contributed by atoms with Crippen LogP contribution in [0, 0.1) is 20.8 Å². The molecular weight excluding hydrogens is 974 g/mol. The molecule has 0 spiro atoms. The monoisotopic (exact) mass is 996 g/mol. The minimum absolute atomic E-state index is 0.0881. The molecule has 0 amide bonds. The van der Waals surface area contributed by atoms with Gasteiger partial charge in [0.25, 0.3) is 0 Å². The third-order valence-corrected chi connectivity index (χ3v) is 10.6. The number of benzene rings is 5. The Balaban J connectivity index is 0.000000168. The van der Waals surface area contributed by atoms with Gasteiger partial charge in [0.05, 0.1) is 36.8 Å². The Labute approximate surface area is 358 Å². The summed E-state index contributed by atoms with van der Waals surface area (Å²) in [5.74, 6) is 0. The number of nitrogens with zero attached hydrogens (tertiary/aromatic N) is 4. The molecule has 0 saturated heterocycles. The second kappa shape index (κ2) is 16.5. The smallest absolute Gasteiger partial charge is 0.443 e. The number of aromatic nitrogens is 4. The van der Waals surface area contributed by atoms with Crippen molar-refractivity contribution in [3.05, 3.63) is 122 Å². The number of aryl methyl sites for hydroxylation is 3. The molecule has 0 fully saturated rings. The van der Waals surface area contributed by atoms with E-state index < -0.39 is 42.3 Å². The van der Waals surface area contributed by atoms with Gasteiger partial charge in [-0.3, -0.25) is 0 Å². The Hall–Kier alpha value is -5.71. The highest BCUT2D eigenvalue weighted by Crippen LogP contribution is 2.45. The van der Waals surface area contributed by atoms with Crippen molar-refractivity contribution in [2.75, 3.05) is 0 Å². The zero-order valence-electron chi connectivity index (χ0n) is 31.6. The van der Waals surface area contributed by atoms with Crippen molar-refractivity contribution in [2.45, 2.75) is 39.3 Å². The maximum absolute atomic E-state index is 13.5. The second-order valence-electron chi connectivity index (χ2n) is 13.7. The van der Waals surface area contributed by atoms with Crippen LogP contribution in [0.1, 0.15) is 33.4 Å². The predicted molar refractivity (Wildman–Crippen MR) is 215 cm³/mol. The number of fused-ring (bicyclic) bond motifs is 4. The number of hydrogen-bond donors (Lipinski definition) is 2. The van der Waals surface area contributed by atoms with E-state index in [0.29, 0.717) is 27.9 Å². The van der Waals surface area contributed by atoms with Crippen LogP contribution in [-0.4, -0.2) is 37.1 Å². The molecule has 0 aliphatic heterocycles. The van der Waals surface area contributed by atoms with Gasteiger partial charge in [-0.15, -0.1) is 0 Å². The lowest BCUT2D eigenvalue weighted by Crippen LogP contribution is -2.31. The molecule has 22 heteroatoms. The van der Waals surface area contributed by atoms with E-state index in [1.165, 1.54) is 51.8 Å². The van der Waals surface area contributed by atoms with Crippen LogP contribution >= 0.6 is 31.9 Å². The first kappa shape index (κ1) is 44.4. The molecule has 0 aliphatic carbocycles. The molecule has 4 aromatic heterocycles. The van der Waals surface area contributed by atoms with E-state index in [-0.39, 0.29) is 49.9 Å². The average Bonchev–Trinajstić information content (AvgIpc) is 4.02. The van der Waals surface area contributed by atoms with Gasteiger partial charge in [-0.1, -0.05) is 29.8 Å². The van der Waals surface area contributed by atoms with E-state index in [9.17, 15) is 39.5 Å². The molecule has 0 aliphatic rings. The number of rotatable bonds is 3. The van der Waals surface area contributed by atoms with Crippen molar-refractivity contribution in [2.24, 2.45) is 0 Å². The summed E-state index contributed by atoms with van der Waals surface area (Å²) in [5.41, 5.74) is 2.29. The summed E-state index contributed by atoms with van der Waals surface area (Å²) in [6.45, 7) is 4.51. The zero-order valence-corrected chi connectivity index (χ0v) is 34.7. The fourth-order valence-electron chi connectivity index (χ4n) is 6.59. The molecular formula is C40H24BBr2F9N4O6. The molecule has 9 rings (SSSR count). The molecule has 9 aromatic rings. The number of oxazole rings is 4. The van der Waals surface area contributed by atoms with Crippen LogP contribution in [0.3, 0.4) is 0 Å². The SMILES string of the molecule is Brc1c2ncoc2c(Br)c2ncoc12.Cc1cc(-c2c3ncoc3c(-c3cc(C)cc(C(F)(F)F)c3)c3ncoc23)cc(C(F)(F)F)c1.Cc1cc(B(O)O)cc(C(F)(F)F)c1. The van der Waals surface area contributed by atoms with Gasteiger partial charge in [0.1, 0.15) is 22.1 Å². The molecule has 0 unspecified atom stereocenters. The fourth-order valence-corrected chi connectivity index (χ4v) is 7.72. The molecule has 62 heavy (non-hydrogen) atoms. The minimum atomic E-state index is -4.58. The predicted octanol–water partition coefficient (Wildman–Crippen LogP) is 12.1. The maximum atomic E-state index is 13.5. The molecule has 0 radical (unpaired) electrons. The van der Waals surface area contributed by atoms with Gasteiger partial charge in [0.2, 0.25) is 0 Å². The second-order valence-corrected chi connectivity index (χ2v) is 15.3. The van der Waals surface area contributed by atoms with Gasteiger partial charge in [0, 0.05) is 0 Å². The molecule has 5 aromatic carbocycles. The Morgan fingerprint density at radius 3 is 1.13 bits per heavy atom. The first-order chi connectivity index (χ1) is 29.0. The quantitative estimate of drug-likeness (QED) is 0.130. The highest BCUT2D eigenvalue weighted by Gasteiger charge is 2.35. The molecule has 320 valence electrons. The lowest BCUT2D eigenvalue weighted by atomic mass is 9.78. The highest BCUT2D eigenvalue weighted by atomic mass is 79.9. The van der Waals surface area contributed by atoms with Crippen molar-refractivity contribution in [3.8, 4) is 22.3 Å². The Bertz CT molecular complexity index is 2850. The van der Waals surface area contributed by atoms with E-state index in [1.54, 1.807) is 0 Å². The third kappa shape index (κ3) is 8.81. The van der Waals surface area contributed by atoms with Crippen molar-refractivity contribution < 1.29 is 67.2 Å². The summed E-state index contributed by atoms with van der Waals surface area (Å²) >= 11 is 6.80. The van der Waals surface area contributed by atoms with Crippen LogP contribution in [0.5, 0.6) is 0 Å². The van der Waals surface area contributed by atoms with Crippen molar-refractivity contribution in [3.63, 3.8) is 0 Å². The van der Waals surface area contributed by atoms with Crippen molar-refractivity contribution in [1.29, 1.82) is 0 Å². The summed E-state index contributed by atoms with van der Waals surface area (Å²) in [6.07, 6.45) is -8.69. The average molecular weight is 998 g/mol. The van der Waals surface area contributed by atoms with E-state index in [4.69, 9.17) is 27.7 Å². The molecule has 0 atom stereocenters. The van der Waals surface area contributed by atoms with Crippen LogP contribution in [-0.2, 0) is 18.5 Å². The van der Waals surface area contributed by atoms with E-state index in [1.807, 2.05) is 0 Å². The summed E-state index contributed by atoms with van der Waals surface area (Å²) in [5, 5.41) is 17.5. The van der Waals surface area contributed by atoms with E-state index >= 15 is 0 Å². The van der Waals surface area contributed by atoms with Gasteiger partial charge in [-0.2, -0.15) is 39.5 Å². The Morgan fingerprint density at radius 2 is 0.774 bits per heavy atom. The lowest BCUT2D eigenvalue weighted by molar-refractivity contribution is -0.138. The van der Waals surface area contributed by atoms with Crippen LogP contribution in [0.15, 0.2) is 107 Å². The van der Waals surface area contributed by atoms with Crippen LogP contribution in [0.2, 0.25) is 0 Å². The van der Waals surface area contributed by atoms with Crippen molar-refractivity contribution in [1.82, 2.24) is 19.9 Å². The maximum Gasteiger partial charge on any atom is 0.488 e. The third-order valence-electron chi connectivity index (χ3n) is 9.12. The van der Waals surface area contributed by atoms with E-state index in [0.717, 1.165) is 69.2 Å². The van der Waals surface area contributed by atoms with Crippen LogP contribution in [0.25, 0.3) is 66.7 Å². The van der Waals surface area contributed by atoms with Crippen molar-refractivity contribution >= 4 is 88.8 Å². The number of halogens is 11. The van der Waals surface area contributed by atoms with Gasteiger partial charge in [-0.25, -0.2) is 19.9 Å². The largest absolute Gasteiger partial charge is 0.488 e. The summed E-state index contributed by atoms with van der Waals surface area (Å²) in [4.78, 5) is 16.5. The van der Waals surface area contributed by atoms with Crippen LogP contribution < -0.4 is 5.46 Å². The van der Waals surface area contributed by atoms with Crippen LogP contribution in [0.4, 0.5) is 39.5 Å².